The summed E-state index contributed by atoms with van der Waals surface area (Å²) in [5.74, 6) is 0. The van der Waals surface area contributed by atoms with Crippen LogP contribution in [-0.2, 0) is 0 Å². The quantitative estimate of drug-likeness (QED) is 0.144. The molecular weight excluding hydrogens is 869 g/mol. The van der Waals surface area contributed by atoms with Crippen molar-refractivity contribution in [3.05, 3.63) is 193 Å². The number of hydrogen-bond acceptors (Lipinski definition) is 6. The minimum absolute atomic E-state index is 1.16. The van der Waals surface area contributed by atoms with E-state index in [2.05, 4.69) is 202 Å². The molecule has 0 amide bonds. The third-order valence-electron chi connectivity index (χ3n) is 11.7. The van der Waals surface area contributed by atoms with E-state index in [-0.39, 0.29) is 0 Å². The number of fused-ring (bicyclic) bond motifs is 6. The number of benzene rings is 5. The fourth-order valence-electron chi connectivity index (χ4n) is 8.83. The van der Waals surface area contributed by atoms with Gasteiger partial charge in [-0.1, -0.05) is 72.8 Å². The fourth-order valence-corrected chi connectivity index (χ4v) is 14.7. The summed E-state index contributed by atoms with van der Waals surface area (Å²) in [6.45, 7) is 0. The van der Waals surface area contributed by atoms with Gasteiger partial charge < -0.3 is 9.13 Å². The molecule has 8 heteroatoms. The number of rotatable bonds is 8. The van der Waals surface area contributed by atoms with Gasteiger partial charge in [0.25, 0.3) is 0 Å². The van der Waals surface area contributed by atoms with Crippen LogP contribution in [0.1, 0.15) is 0 Å². The second-order valence-corrected chi connectivity index (χ2v) is 21.5. The highest BCUT2D eigenvalue weighted by molar-refractivity contribution is 7.27. The van der Waals surface area contributed by atoms with Gasteiger partial charge in [-0.05, 0) is 131 Å². The second-order valence-electron chi connectivity index (χ2n) is 15.3. The molecule has 0 saturated carbocycles. The van der Waals surface area contributed by atoms with Crippen molar-refractivity contribution in [2.75, 3.05) is 0 Å². The average molecular weight is 901 g/mol. The predicted octanol–water partition coefficient (Wildman–Crippen LogP) is 18.3. The summed E-state index contributed by atoms with van der Waals surface area (Å²) in [4.78, 5) is 13.2. The summed E-state index contributed by atoms with van der Waals surface area (Å²) in [5, 5.41) is 9.30. The lowest BCUT2D eigenvalue weighted by Crippen LogP contribution is -1.95. The minimum Gasteiger partial charge on any atom is -0.309 e. The van der Waals surface area contributed by atoms with Crippen molar-refractivity contribution >= 4 is 112 Å². The molecule has 0 bridgehead atoms. The zero-order valence-corrected chi connectivity index (χ0v) is 37.7. The van der Waals surface area contributed by atoms with Crippen LogP contribution >= 0.6 is 68.0 Å². The van der Waals surface area contributed by atoms with Gasteiger partial charge in [-0.25, -0.2) is 0 Å². The van der Waals surface area contributed by atoms with Crippen LogP contribution < -0.4 is 0 Å². The monoisotopic (exact) mass is 900 g/mol. The Morgan fingerprint density at radius 3 is 1.00 bits per heavy atom. The van der Waals surface area contributed by atoms with E-state index in [0.717, 1.165) is 11.4 Å². The van der Waals surface area contributed by atoms with E-state index in [1.54, 1.807) is 22.7 Å². The molecule has 0 N–H and O–H groups in total. The first-order chi connectivity index (χ1) is 30.7. The molecule has 5 aromatic carbocycles. The summed E-state index contributed by atoms with van der Waals surface area (Å²) in [7, 11) is 0. The highest BCUT2D eigenvalue weighted by Gasteiger charge is 2.19. The Labute approximate surface area is 381 Å². The molecule has 0 aliphatic heterocycles. The maximum atomic E-state index is 2.45. The Balaban J connectivity index is 0.859. The van der Waals surface area contributed by atoms with Gasteiger partial charge in [-0.3, -0.25) is 0 Å². The van der Waals surface area contributed by atoms with Crippen molar-refractivity contribution < 1.29 is 0 Å². The topological polar surface area (TPSA) is 9.86 Å². The molecule has 0 aliphatic carbocycles. The Morgan fingerprint density at radius 1 is 0.258 bits per heavy atom. The van der Waals surface area contributed by atoms with Crippen LogP contribution in [0.4, 0.5) is 0 Å². The van der Waals surface area contributed by atoms with Crippen molar-refractivity contribution in [1.29, 1.82) is 0 Å². The summed E-state index contributed by atoms with van der Waals surface area (Å²) in [5.41, 5.74) is 9.64. The van der Waals surface area contributed by atoms with Crippen molar-refractivity contribution in [2.24, 2.45) is 0 Å². The number of aromatic nitrogens is 2. The Bertz CT molecular complexity index is 3480. The third kappa shape index (κ3) is 6.05. The van der Waals surface area contributed by atoms with Crippen LogP contribution in [0.3, 0.4) is 0 Å². The highest BCUT2D eigenvalue weighted by atomic mass is 32.1. The summed E-state index contributed by atoms with van der Waals surface area (Å²) >= 11 is 11.1. The van der Waals surface area contributed by atoms with E-state index < -0.39 is 0 Å². The first-order valence-corrected chi connectivity index (χ1v) is 25.4. The summed E-state index contributed by atoms with van der Waals surface area (Å²) in [6, 6.07) is 67.6. The van der Waals surface area contributed by atoms with E-state index in [9.17, 15) is 0 Å². The molecule has 0 atom stereocenters. The predicted molar refractivity (Wildman–Crippen MR) is 275 cm³/mol. The van der Waals surface area contributed by atoms with Crippen molar-refractivity contribution in [1.82, 2.24) is 9.13 Å². The van der Waals surface area contributed by atoms with Gasteiger partial charge >= 0.3 is 0 Å². The van der Waals surface area contributed by atoms with Crippen molar-refractivity contribution in [3.63, 3.8) is 0 Å². The van der Waals surface area contributed by atoms with Crippen LogP contribution in [0.25, 0.3) is 115 Å². The second kappa shape index (κ2) is 14.8. The first-order valence-electron chi connectivity index (χ1n) is 20.4. The summed E-state index contributed by atoms with van der Waals surface area (Å²) < 4.78 is 4.89. The molecule has 0 aliphatic rings. The van der Waals surface area contributed by atoms with Crippen LogP contribution in [0, 0.1) is 0 Å². The lowest BCUT2D eigenvalue weighted by molar-refractivity contribution is 1.17. The van der Waals surface area contributed by atoms with Crippen LogP contribution in [0.15, 0.2) is 193 Å². The van der Waals surface area contributed by atoms with Crippen LogP contribution in [-0.4, -0.2) is 9.13 Å². The lowest BCUT2D eigenvalue weighted by atomic mass is 10.1. The molecule has 294 valence electrons. The Hall–Kier alpha value is -6.10. The van der Waals surface area contributed by atoms with Gasteiger partial charge in [-0.15, -0.1) is 68.0 Å². The number of para-hydroxylation sites is 2. The molecule has 8 aromatic heterocycles. The molecule has 0 saturated heterocycles. The molecule has 0 unspecified atom stereocenters. The molecule has 13 aromatic rings. The summed E-state index contributed by atoms with van der Waals surface area (Å²) in [6.07, 6.45) is 0. The molecule has 2 nitrogen and oxygen atoms in total. The van der Waals surface area contributed by atoms with Gasteiger partial charge in [-0.2, -0.15) is 0 Å². The van der Waals surface area contributed by atoms with Gasteiger partial charge in [0.2, 0.25) is 0 Å². The SMILES string of the molecule is c1csc(-c2ccc(-c3ccc(-c4ccc(-n5c6ccccc6c6cc7c(cc65)c5ccccc5n7-c5ccc(-c6ccc(-c7ccc(-c8cccs8)s7)s6)cc5)cc4)s3)s2)c1. The molecule has 0 spiro atoms. The first kappa shape index (κ1) is 36.5. The molecular formula is C54H32N2S6. The number of hydrogen-bond donors (Lipinski definition) is 0. The molecule has 62 heavy (non-hydrogen) atoms. The Morgan fingerprint density at radius 2 is 0.613 bits per heavy atom. The van der Waals surface area contributed by atoms with Gasteiger partial charge in [0.15, 0.2) is 0 Å². The van der Waals surface area contributed by atoms with E-state index in [1.165, 1.54) is 104 Å². The zero-order chi connectivity index (χ0) is 40.7. The van der Waals surface area contributed by atoms with Crippen molar-refractivity contribution in [3.8, 4) is 71.3 Å². The third-order valence-corrected chi connectivity index (χ3v) is 18.7. The normalized spacial score (nSPS) is 11.9. The number of thiophene rings is 6. The van der Waals surface area contributed by atoms with Crippen LogP contribution in [0.2, 0.25) is 0 Å². The van der Waals surface area contributed by atoms with Gasteiger partial charge in [0.1, 0.15) is 0 Å². The Kier molecular flexibility index (Phi) is 8.71. The van der Waals surface area contributed by atoms with E-state index in [1.807, 2.05) is 45.3 Å². The zero-order valence-electron chi connectivity index (χ0n) is 32.8. The maximum Gasteiger partial charge on any atom is 0.0548 e. The fraction of sp³-hybridized carbons (Fsp3) is 0. The van der Waals surface area contributed by atoms with E-state index in [0.29, 0.717) is 0 Å². The lowest BCUT2D eigenvalue weighted by Gasteiger charge is -2.10. The maximum absolute atomic E-state index is 2.45. The minimum atomic E-state index is 1.16. The highest BCUT2D eigenvalue weighted by Crippen LogP contribution is 2.45. The molecule has 0 fully saturated rings. The molecule has 8 heterocycles. The molecule has 0 radical (unpaired) electrons. The standard InChI is InChI=1S/C54H32N2S6/c1-3-9-41-37(7-1)39-31-44-40(32-43(39)55(41)35-17-13-33(14-18-35)45-21-23-51(59-45)53-27-25-49(61-53)47-11-5-29-57-47)38-8-2-4-10-42(38)56(44)36-19-15-34(16-20-36)46-22-24-52(60-46)54-28-26-50(62-54)48-12-6-30-58-48/h1-32H. The molecule has 13 rings (SSSR count). The van der Waals surface area contributed by atoms with Crippen molar-refractivity contribution in [2.45, 2.75) is 0 Å². The van der Waals surface area contributed by atoms with Gasteiger partial charge in [0, 0.05) is 81.7 Å². The van der Waals surface area contributed by atoms with Crippen LogP contribution in [0.5, 0.6) is 0 Å². The largest absolute Gasteiger partial charge is 0.309 e. The smallest absolute Gasteiger partial charge is 0.0548 e. The average Bonchev–Trinajstić information content (AvgIpc) is 4.18. The number of nitrogens with zero attached hydrogens (tertiary/aromatic N) is 2. The van der Waals surface area contributed by atoms with E-state index in [4.69, 9.17) is 0 Å². The van der Waals surface area contributed by atoms with E-state index >= 15 is 0 Å². The van der Waals surface area contributed by atoms with Gasteiger partial charge in [0.05, 0.1) is 22.1 Å².